The van der Waals surface area contributed by atoms with E-state index in [1.165, 1.54) is 24.3 Å². The lowest BCUT2D eigenvalue weighted by Gasteiger charge is -2.22. The summed E-state index contributed by atoms with van der Waals surface area (Å²) in [6.45, 7) is 5.01. The van der Waals surface area contributed by atoms with Gasteiger partial charge in [0, 0.05) is 6.54 Å². The summed E-state index contributed by atoms with van der Waals surface area (Å²) in [5.41, 5.74) is 2.12. The molecule has 3 nitrogen and oxygen atoms in total. The lowest BCUT2D eigenvalue weighted by molar-refractivity contribution is 0.515. The second-order valence-electron chi connectivity index (χ2n) is 4.53. The molecular formula is C12H18ClN3S. The van der Waals surface area contributed by atoms with E-state index in [2.05, 4.69) is 27.3 Å². The number of hydrogen-bond acceptors (Lipinski definition) is 4. The molecule has 1 N–H and O–H groups in total. The molecule has 0 radical (unpaired) electrons. The van der Waals surface area contributed by atoms with Gasteiger partial charge in [-0.25, -0.2) is 0 Å². The third kappa shape index (κ3) is 3.26. The first-order valence-corrected chi connectivity index (χ1v) is 7.52. The summed E-state index contributed by atoms with van der Waals surface area (Å²) >= 11 is 7.99. The SMILES string of the molecule is Cc1c(Cl)nnc(NCC2CCSCC2)c1C. The van der Waals surface area contributed by atoms with E-state index in [0.29, 0.717) is 5.15 Å². The fourth-order valence-electron chi connectivity index (χ4n) is 1.94. The number of hydrogen-bond donors (Lipinski definition) is 1. The summed E-state index contributed by atoms with van der Waals surface area (Å²) in [5, 5.41) is 12.0. The Morgan fingerprint density at radius 3 is 2.65 bits per heavy atom. The van der Waals surface area contributed by atoms with Gasteiger partial charge >= 0.3 is 0 Å². The Hall–Kier alpha value is -0.480. The number of rotatable bonds is 3. The first-order valence-electron chi connectivity index (χ1n) is 5.99. The summed E-state index contributed by atoms with van der Waals surface area (Å²) in [7, 11) is 0. The van der Waals surface area contributed by atoms with Gasteiger partial charge in [-0.15, -0.1) is 10.2 Å². The van der Waals surface area contributed by atoms with Gasteiger partial charge in [0.25, 0.3) is 0 Å². The third-order valence-electron chi connectivity index (χ3n) is 3.36. The van der Waals surface area contributed by atoms with Crippen LogP contribution in [0, 0.1) is 19.8 Å². The highest BCUT2D eigenvalue weighted by Crippen LogP contribution is 2.24. The molecule has 0 amide bonds. The van der Waals surface area contributed by atoms with Gasteiger partial charge in [0.1, 0.15) is 0 Å². The van der Waals surface area contributed by atoms with Gasteiger partial charge in [0.2, 0.25) is 0 Å². The Balaban J connectivity index is 1.96. The van der Waals surface area contributed by atoms with Crippen molar-refractivity contribution in [3.8, 4) is 0 Å². The first-order chi connectivity index (χ1) is 8.18. The largest absolute Gasteiger partial charge is 0.368 e. The van der Waals surface area contributed by atoms with E-state index in [9.17, 15) is 0 Å². The van der Waals surface area contributed by atoms with E-state index in [1.807, 2.05) is 13.8 Å². The van der Waals surface area contributed by atoms with Crippen LogP contribution in [0.15, 0.2) is 0 Å². The van der Waals surface area contributed by atoms with Crippen molar-refractivity contribution in [3.05, 3.63) is 16.3 Å². The quantitative estimate of drug-likeness (QED) is 0.915. The third-order valence-corrected chi connectivity index (χ3v) is 4.77. The summed E-state index contributed by atoms with van der Waals surface area (Å²) in [4.78, 5) is 0. The summed E-state index contributed by atoms with van der Waals surface area (Å²) in [6.07, 6.45) is 2.60. The lowest BCUT2D eigenvalue weighted by Crippen LogP contribution is -2.20. The molecule has 1 saturated heterocycles. The van der Waals surface area contributed by atoms with Crippen molar-refractivity contribution in [1.29, 1.82) is 0 Å². The molecule has 94 valence electrons. The molecule has 0 aliphatic carbocycles. The molecule has 1 aliphatic heterocycles. The van der Waals surface area contributed by atoms with E-state index in [4.69, 9.17) is 11.6 Å². The smallest absolute Gasteiger partial charge is 0.155 e. The molecule has 0 bridgehead atoms. The van der Waals surface area contributed by atoms with Gasteiger partial charge in [-0.3, -0.25) is 0 Å². The molecule has 1 aromatic heterocycles. The van der Waals surface area contributed by atoms with E-state index in [1.54, 1.807) is 0 Å². The molecule has 0 aromatic carbocycles. The number of nitrogens with one attached hydrogen (secondary N) is 1. The number of thioether (sulfide) groups is 1. The molecule has 1 fully saturated rings. The van der Waals surface area contributed by atoms with Gasteiger partial charge in [-0.05, 0) is 55.2 Å². The zero-order valence-corrected chi connectivity index (χ0v) is 11.9. The van der Waals surface area contributed by atoms with E-state index in [-0.39, 0.29) is 0 Å². The van der Waals surface area contributed by atoms with Crippen molar-refractivity contribution in [2.75, 3.05) is 23.4 Å². The van der Waals surface area contributed by atoms with Crippen LogP contribution in [0.25, 0.3) is 0 Å². The molecule has 0 spiro atoms. The molecular weight excluding hydrogens is 254 g/mol. The van der Waals surface area contributed by atoms with Crippen molar-refractivity contribution >= 4 is 29.2 Å². The molecule has 1 aliphatic rings. The predicted octanol–water partition coefficient (Wildman–Crippen LogP) is 3.30. The van der Waals surface area contributed by atoms with Crippen LogP contribution < -0.4 is 5.32 Å². The van der Waals surface area contributed by atoms with Crippen molar-refractivity contribution in [2.24, 2.45) is 5.92 Å². The Kier molecular flexibility index (Phi) is 4.51. The van der Waals surface area contributed by atoms with Crippen LogP contribution in [0.4, 0.5) is 5.82 Å². The highest BCUT2D eigenvalue weighted by atomic mass is 35.5. The van der Waals surface area contributed by atoms with E-state index in [0.717, 1.165) is 29.4 Å². The average molecular weight is 272 g/mol. The Morgan fingerprint density at radius 1 is 1.24 bits per heavy atom. The summed E-state index contributed by atoms with van der Waals surface area (Å²) in [5.74, 6) is 4.23. The summed E-state index contributed by atoms with van der Waals surface area (Å²) in [6, 6.07) is 0. The molecule has 1 aromatic rings. The highest BCUT2D eigenvalue weighted by Gasteiger charge is 2.14. The molecule has 17 heavy (non-hydrogen) atoms. The van der Waals surface area contributed by atoms with E-state index < -0.39 is 0 Å². The topological polar surface area (TPSA) is 37.8 Å². The average Bonchev–Trinajstić information content (AvgIpc) is 2.36. The number of halogens is 1. The lowest BCUT2D eigenvalue weighted by atomic mass is 10.0. The van der Waals surface area contributed by atoms with Crippen molar-refractivity contribution in [1.82, 2.24) is 10.2 Å². The second-order valence-corrected chi connectivity index (χ2v) is 6.11. The minimum absolute atomic E-state index is 0.502. The van der Waals surface area contributed by atoms with Crippen LogP contribution in [0.2, 0.25) is 5.15 Å². The first kappa shape index (κ1) is 13.0. The maximum atomic E-state index is 5.93. The van der Waals surface area contributed by atoms with Crippen molar-refractivity contribution in [3.63, 3.8) is 0 Å². The molecule has 0 saturated carbocycles. The minimum Gasteiger partial charge on any atom is -0.368 e. The molecule has 0 unspecified atom stereocenters. The molecule has 2 rings (SSSR count). The second kappa shape index (κ2) is 5.91. The van der Waals surface area contributed by atoms with Gasteiger partial charge in [0.05, 0.1) is 0 Å². The zero-order chi connectivity index (χ0) is 12.3. The van der Waals surface area contributed by atoms with E-state index >= 15 is 0 Å². The van der Waals surface area contributed by atoms with Crippen LogP contribution >= 0.6 is 23.4 Å². The van der Waals surface area contributed by atoms with Crippen molar-refractivity contribution in [2.45, 2.75) is 26.7 Å². The fourth-order valence-corrected chi connectivity index (χ4v) is 3.32. The van der Waals surface area contributed by atoms with Gasteiger partial charge in [0.15, 0.2) is 11.0 Å². The molecule has 0 atom stereocenters. The number of anilines is 1. The normalized spacial score (nSPS) is 17.1. The van der Waals surface area contributed by atoms with Crippen LogP contribution in [0.5, 0.6) is 0 Å². The van der Waals surface area contributed by atoms with Gasteiger partial charge in [-0.1, -0.05) is 11.6 Å². The van der Waals surface area contributed by atoms with Gasteiger partial charge in [-0.2, -0.15) is 11.8 Å². The maximum Gasteiger partial charge on any atom is 0.155 e. The highest BCUT2D eigenvalue weighted by molar-refractivity contribution is 7.99. The number of aromatic nitrogens is 2. The molecule has 2 heterocycles. The Bertz CT molecular complexity index is 392. The number of nitrogens with zero attached hydrogens (tertiary/aromatic N) is 2. The predicted molar refractivity (Wildman–Crippen MR) is 75.1 cm³/mol. The standard InChI is InChI=1S/C12H18ClN3S/c1-8-9(2)12(16-15-11(8)13)14-7-10-3-5-17-6-4-10/h10H,3-7H2,1-2H3,(H,14,16). The maximum absolute atomic E-state index is 5.93. The Labute approximate surface area is 112 Å². The van der Waals surface area contributed by atoms with Crippen LogP contribution in [0.3, 0.4) is 0 Å². The monoisotopic (exact) mass is 271 g/mol. The fraction of sp³-hybridized carbons (Fsp3) is 0.667. The molecule has 5 heteroatoms. The van der Waals surface area contributed by atoms with Crippen LogP contribution in [-0.4, -0.2) is 28.2 Å². The minimum atomic E-state index is 0.502. The summed E-state index contributed by atoms with van der Waals surface area (Å²) < 4.78 is 0. The van der Waals surface area contributed by atoms with Crippen LogP contribution in [0.1, 0.15) is 24.0 Å². The zero-order valence-electron chi connectivity index (χ0n) is 10.3. The van der Waals surface area contributed by atoms with Crippen LogP contribution in [-0.2, 0) is 0 Å². The van der Waals surface area contributed by atoms with Gasteiger partial charge < -0.3 is 5.32 Å². The van der Waals surface area contributed by atoms with Crippen molar-refractivity contribution < 1.29 is 0 Å². The Morgan fingerprint density at radius 2 is 1.94 bits per heavy atom.